The van der Waals surface area contributed by atoms with Crippen LogP contribution < -0.4 is 10.5 Å². The third-order valence-corrected chi connectivity index (χ3v) is 6.19. The number of rotatable bonds is 4. The van der Waals surface area contributed by atoms with E-state index in [2.05, 4.69) is 9.71 Å². The second-order valence-corrected chi connectivity index (χ2v) is 8.20. The van der Waals surface area contributed by atoms with E-state index in [1.165, 1.54) is 23.5 Å². The lowest BCUT2D eigenvalue weighted by Gasteiger charge is -2.14. The number of nitrogens with one attached hydrogen (secondary N) is 1. The van der Waals surface area contributed by atoms with Gasteiger partial charge in [-0.25, -0.2) is 18.1 Å². The molecule has 2 aromatic rings. The third-order valence-electron chi connectivity index (χ3n) is 2.63. The predicted molar refractivity (Wildman–Crippen MR) is 86.5 cm³/mol. The summed E-state index contributed by atoms with van der Waals surface area (Å²) in [5.74, 6) is 0. The Bertz CT molecular complexity index is 752. The Hall–Kier alpha value is -0.860. The van der Waals surface area contributed by atoms with Gasteiger partial charge >= 0.3 is 0 Å². The van der Waals surface area contributed by atoms with Crippen LogP contribution in [-0.4, -0.2) is 13.4 Å². The molecule has 0 saturated carbocycles. The first-order valence-corrected chi connectivity index (χ1v) is 8.95. The van der Waals surface area contributed by atoms with Crippen molar-refractivity contribution >= 4 is 50.2 Å². The zero-order chi connectivity index (χ0) is 15.8. The van der Waals surface area contributed by atoms with E-state index >= 15 is 0 Å². The zero-order valence-electron chi connectivity index (χ0n) is 11.2. The van der Waals surface area contributed by atoms with Crippen LogP contribution in [-0.2, 0) is 10.0 Å². The van der Waals surface area contributed by atoms with Crippen LogP contribution >= 0.6 is 34.5 Å². The largest absolute Gasteiger partial charge is 0.399 e. The predicted octanol–water partition coefficient (Wildman–Crippen LogP) is 3.38. The number of benzene rings is 1. The van der Waals surface area contributed by atoms with Crippen molar-refractivity contribution in [2.45, 2.75) is 24.8 Å². The third kappa shape index (κ3) is 3.67. The molecule has 0 bridgehead atoms. The van der Waals surface area contributed by atoms with Crippen LogP contribution in [0.2, 0.25) is 10.0 Å². The van der Waals surface area contributed by atoms with E-state index in [0.29, 0.717) is 10.7 Å². The molecule has 1 aromatic carbocycles. The van der Waals surface area contributed by atoms with E-state index in [-0.39, 0.29) is 14.9 Å². The molecule has 1 aromatic heterocycles. The fourth-order valence-corrected chi connectivity index (χ4v) is 5.04. The van der Waals surface area contributed by atoms with Crippen molar-refractivity contribution in [2.75, 3.05) is 5.73 Å². The molecule has 5 nitrogen and oxygen atoms in total. The molecular formula is C12H13Cl2N3O2S2. The summed E-state index contributed by atoms with van der Waals surface area (Å²) in [6.07, 6.45) is 1.69. The first-order valence-electron chi connectivity index (χ1n) is 5.90. The highest BCUT2D eigenvalue weighted by Gasteiger charge is 2.25. The van der Waals surface area contributed by atoms with Crippen molar-refractivity contribution in [3.8, 4) is 0 Å². The van der Waals surface area contributed by atoms with Crippen molar-refractivity contribution in [1.29, 1.82) is 0 Å². The van der Waals surface area contributed by atoms with Crippen molar-refractivity contribution in [2.24, 2.45) is 0 Å². The van der Waals surface area contributed by atoms with Gasteiger partial charge in [-0.1, -0.05) is 23.2 Å². The van der Waals surface area contributed by atoms with E-state index < -0.39 is 16.1 Å². The van der Waals surface area contributed by atoms with Gasteiger partial charge in [0.15, 0.2) is 0 Å². The molecule has 0 aliphatic rings. The smallest absolute Gasteiger partial charge is 0.244 e. The molecule has 0 radical (unpaired) electrons. The number of anilines is 1. The Balaban J connectivity index is 2.35. The van der Waals surface area contributed by atoms with Crippen LogP contribution in [0, 0.1) is 6.92 Å². The summed E-state index contributed by atoms with van der Waals surface area (Å²) in [6.45, 7) is 3.60. The van der Waals surface area contributed by atoms with Crippen molar-refractivity contribution in [3.63, 3.8) is 0 Å². The second-order valence-electron chi connectivity index (χ2n) is 4.47. The summed E-state index contributed by atoms with van der Waals surface area (Å²) in [5.41, 5.74) is 5.87. The molecule has 0 saturated heterocycles. The molecule has 114 valence electrons. The Kier molecular flexibility index (Phi) is 4.79. The number of nitrogens with two attached hydrogens (primary N) is 1. The van der Waals surface area contributed by atoms with Crippen molar-refractivity contribution < 1.29 is 8.42 Å². The lowest BCUT2D eigenvalue weighted by molar-refractivity contribution is 0.566. The average Bonchev–Trinajstić information content (AvgIpc) is 2.73. The zero-order valence-corrected chi connectivity index (χ0v) is 14.4. The number of halogens is 2. The van der Waals surface area contributed by atoms with Gasteiger partial charge in [0.2, 0.25) is 10.0 Å². The molecule has 0 spiro atoms. The second kappa shape index (κ2) is 6.10. The van der Waals surface area contributed by atoms with E-state index in [4.69, 9.17) is 28.9 Å². The Labute approximate surface area is 137 Å². The van der Waals surface area contributed by atoms with E-state index in [1.807, 2.05) is 6.92 Å². The van der Waals surface area contributed by atoms with Crippen LogP contribution in [0.1, 0.15) is 22.9 Å². The summed E-state index contributed by atoms with van der Waals surface area (Å²) >= 11 is 13.3. The minimum Gasteiger partial charge on any atom is -0.399 e. The van der Waals surface area contributed by atoms with Crippen molar-refractivity contribution in [1.82, 2.24) is 9.71 Å². The van der Waals surface area contributed by atoms with Crippen LogP contribution in [0.25, 0.3) is 0 Å². The minimum atomic E-state index is -3.88. The Morgan fingerprint density at radius 3 is 2.38 bits per heavy atom. The Morgan fingerprint density at radius 1 is 1.33 bits per heavy atom. The molecule has 1 unspecified atom stereocenters. The molecule has 9 heteroatoms. The first kappa shape index (κ1) is 16.5. The number of hydrogen-bond donors (Lipinski definition) is 2. The van der Waals surface area contributed by atoms with Crippen LogP contribution in [0.15, 0.2) is 23.2 Å². The van der Waals surface area contributed by atoms with E-state index in [0.717, 1.165) is 4.88 Å². The number of hydrogen-bond acceptors (Lipinski definition) is 5. The number of nitrogen functional groups attached to an aromatic ring is 1. The van der Waals surface area contributed by atoms with Gasteiger partial charge in [-0.15, -0.1) is 11.3 Å². The highest BCUT2D eigenvalue weighted by atomic mass is 35.5. The number of aryl methyl sites for hydroxylation is 1. The summed E-state index contributed by atoms with van der Waals surface area (Å²) in [5, 5.41) is 0.629. The molecule has 0 aliphatic carbocycles. The van der Waals surface area contributed by atoms with Gasteiger partial charge in [-0.05, 0) is 26.0 Å². The van der Waals surface area contributed by atoms with Gasteiger partial charge in [0, 0.05) is 16.8 Å². The topological polar surface area (TPSA) is 85.1 Å². The first-order chi connectivity index (χ1) is 9.70. The minimum absolute atomic E-state index is 0.0185. The van der Waals surface area contributed by atoms with Crippen LogP contribution in [0.5, 0.6) is 0 Å². The maximum atomic E-state index is 12.4. The maximum Gasteiger partial charge on any atom is 0.244 e. The number of sulfonamides is 1. The lowest BCUT2D eigenvalue weighted by atomic mass is 10.3. The summed E-state index contributed by atoms with van der Waals surface area (Å²) in [6, 6.07) is 2.21. The standard InChI is InChI=1S/C12H13Cl2N3O2S2/c1-6-5-16-12(20-6)7(2)17-21(18,19)11-9(13)3-8(15)4-10(11)14/h3-5,7,17H,15H2,1-2H3. The van der Waals surface area contributed by atoms with Gasteiger partial charge in [0.05, 0.1) is 16.1 Å². The number of thiazole rings is 1. The van der Waals surface area contributed by atoms with Gasteiger partial charge < -0.3 is 5.73 Å². The van der Waals surface area contributed by atoms with Crippen LogP contribution in [0.3, 0.4) is 0 Å². The van der Waals surface area contributed by atoms with Crippen LogP contribution in [0.4, 0.5) is 5.69 Å². The fraction of sp³-hybridized carbons (Fsp3) is 0.250. The van der Waals surface area contributed by atoms with E-state index in [1.54, 1.807) is 13.1 Å². The SMILES string of the molecule is Cc1cnc(C(C)NS(=O)(=O)c2c(Cl)cc(N)cc2Cl)s1. The molecule has 2 rings (SSSR count). The average molecular weight is 366 g/mol. The summed E-state index contributed by atoms with van der Waals surface area (Å²) < 4.78 is 27.4. The quantitative estimate of drug-likeness (QED) is 0.813. The van der Waals surface area contributed by atoms with Crippen molar-refractivity contribution in [3.05, 3.63) is 38.3 Å². The molecule has 0 amide bonds. The van der Waals surface area contributed by atoms with E-state index in [9.17, 15) is 8.42 Å². The molecule has 1 heterocycles. The molecule has 3 N–H and O–H groups in total. The van der Waals surface area contributed by atoms with Gasteiger partial charge in [-0.3, -0.25) is 0 Å². The number of aromatic nitrogens is 1. The normalized spacial score (nSPS) is 13.3. The molecule has 21 heavy (non-hydrogen) atoms. The summed E-state index contributed by atoms with van der Waals surface area (Å²) in [7, 11) is -3.88. The highest BCUT2D eigenvalue weighted by Crippen LogP contribution is 2.32. The Morgan fingerprint density at radius 2 is 1.90 bits per heavy atom. The highest BCUT2D eigenvalue weighted by molar-refractivity contribution is 7.89. The maximum absolute atomic E-state index is 12.4. The fourth-order valence-electron chi connectivity index (χ4n) is 1.75. The molecule has 0 aliphatic heterocycles. The van der Waals surface area contributed by atoms with Gasteiger partial charge in [0.1, 0.15) is 9.90 Å². The van der Waals surface area contributed by atoms with Gasteiger partial charge in [-0.2, -0.15) is 0 Å². The van der Waals surface area contributed by atoms with Gasteiger partial charge in [0.25, 0.3) is 0 Å². The summed E-state index contributed by atoms with van der Waals surface area (Å²) in [4.78, 5) is 4.98. The lowest BCUT2D eigenvalue weighted by Crippen LogP contribution is -2.27. The number of nitrogens with zero attached hydrogens (tertiary/aromatic N) is 1. The molecular weight excluding hydrogens is 353 g/mol. The monoisotopic (exact) mass is 365 g/mol. The molecule has 0 fully saturated rings. The molecule has 1 atom stereocenters.